The van der Waals surface area contributed by atoms with Crippen molar-refractivity contribution in [3.05, 3.63) is 35.9 Å². The van der Waals surface area contributed by atoms with E-state index in [1.165, 1.54) is 14.2 Å². The van der Waals surface area contributed by atoms with E-state index in [0.29, 0.717) is 0 Å². The van der Waals surface area contributed by atoms with E-state index in [1.54, 1.807) is 4.90 Å². The van der Waals surface area contributed by atoms with Crippen molar-refractivity contribution in [1.29, 1.82) is 0 Å². The summed E-state index contributed by atoms with van der Waals surface area (Å²) >= 11 is 0. The van der Waals surface area contributed by atoms with Crippen molar-refractivity contribution in [3.8, 4) is 0 Å². The van der Waals surface area contributed by atoms with Crippen LogP contribution in [0.25, 0.3) is 0 Å². The fourth-order valence-corrected chi connectivity index (χ4v) is 3.97. The molecule has 1 amide bonds. The molecule has 0 spiro atoms. The SMILES string of the molecule is COC(=O)[C@@H]1[C@@H](c2ccccc2)[C@@H]2CC[C@H]1N2C(=O)OC. The largest absolute Gasteiger partial charge is 0.469 e. The lowest BCUT2D eigenvalue weighted by Gasteiger charge is -2.27. The summed E-state index contributed by atoms with van der Waals surface area (Å²) in [5, 5.41) is 0. The van der Waals surface area contributed by atoms with Crippen LogP contribution in [0.4, 0.5) is 4.79 Å². The lowest BCUT2D eigenvalue weighted by molar-refractivity contribution is -0.146. The third-order valence-electron chi connectivity index (χ3n) is 4.73. The minimum Gasteiger partial charge on any atom is -0.469 e. The van der Waals surface area contributed by atoms with Crippen molar-refractivity contribution in [3.63, 3.8) is 0 Å². The van der Waals surface area contributed by atoms with Crippen LogP contribution in [0.3, 0.4) is 0 Å². The number of rotatable bonds is 2. The Bertz CT molecular complexity index is 544. The quantitative estimate of drug-likeness (QED) is 0.783. The molecule has 5 heteroatoms. The average Bonchev–Trinajstić information content (AvgIpc) is 3.10. The molecule has 1 aromatic rings. The minimum absolute atomic E-state index is 0.00829. The molecule has 2 bridgehead atoms. The molecule has 0 aromatic heterocycles. The highest BCUT2D eigenvalue weighted by Crippen LogP contribution is 2.51. The Kier molecular flexibility index (Phi) is 3.57. The predicted molar refractivity (Wildman–Crippen MR) is 75.7 cm³/mol. The van der Waals surface area contributed by atoms with Gasteiger partial charge in [0.2, 0.25) is 0 Å². The number of esters is 1. The smallest absolute Gasteiger partial charge is 0.410 e. The lowest BCUT2D eigenvalue weighted by Crippen LogP contribution is -2.37. The number of carbonyl (C=O) groups is 2. The van der Waals surface area contributed by atoms with E-state index < -0.39 is 0 Å². The van der Waals surface area contributed by atoms with Crippen LogP contribution in [0.5, 0.6) is 0 Å². The van der Waals surface area contributed by atoms with E-state index in [-0.39, 0.29) is 36.0 Å². The molecular weight excluding hydrogens is 270 g/mol. The first-order chi connectivity index (χ1) is 10.2. The summed E-state index contributed by atoms with van der Waals surface area (Å²) in [5.41, 5.74) is 1.08. The van der Waals surface area contributed by atoms with Crippen molar-refractivity contribution >= 4 is 12.1 Å². The normalized spacial score (nSPS) is 30.3. The summed E-state index contributed by atoms with van der Waals surface area (Å²) in [4.78, 5) is 26.0. The number of hydrogen-bond donors (Lipinski definition) is 0. The molecule has 2 fully saturated rings. The van der Waals surface area contributed by atoms with E-state index in [1.807, 2.05) is 30.3 Å². The predicted octanol–water partition coefficient (Wildman–Crippen LogP) is 2.17. The van der Waals surface area contributed by atoms with Crippen molar-refractivity contribution < 1.29 is 19.1 Å². The van der Waals surface area contributed by atoms with Gasteiger partial charge in [0.25, 0.3) is 0 Å². The molecule has 2 aliphatic heterocycles. The fraction of sp³-hybridized carbons (Fsp3) is 0.500. The van der Waals surface area contributed by atoms with Crippen LogP contribution in [0.15, 0.2) is 30.3 Å². The van der Waals surface area contributed by atoms with Crippen LogP contribution in [-0.4, -0.2) is 43.3 Å². The number of methoxy groups -OCH3 is 2. The fourth-order valence-electron chi connectivity index (χ4n) is 3.97. The monoisotopic (exact) mass is 289 g/mol. The van der Waals surface area contributed by atoms with E-state index in [9.17, 15) is 9.59 Å². The number of benzene rings is 1. The molecule has 3 rings (SSSR count). The van der Waals surface area contributed by atoms with Crippen LogP contribution < -0.4 is 0 Å². The minimum atomic E-state index is -0.352. The van der Waals surface area contributed by atoms with E-state index in [4.69, 9.17) is 9.47 Å². The van der Waals surface area contributed by atoms with Crippen molar-refractivity contribution in [2.45, 2.75) is 30.8 Å². The molecule has 0 unspecified atom stereocenters. The first kappa shape index (κ1) is 13.9. The summed E-state index contributed by atoms with van der Waals surface area (Å²) in [5.74, 6) is -0.572. The molecule has 0 N–H and O–H groups in total. The van der Waals surface area contributed by atoms with Crippen LogP contribution in [0, 0.1) is 5.92 Å². The maximum absolute atomic E-state index is 12.2. The molecule has 0 aliphatic carbocycles. The maximum atomic E-state index is 12.2. The second-order valence-electron chi connectivity index (χ2n) is 5.57. The van der Waals surface area contributed by atoms with Gasteiger partial charge in [-0.25, -0.2) is 4.79 Å². The van der Waals surface area contributed by atoms with Crippen molar-refractivity contribution in [1.82, 2.24) is 4.90 Å². The Morgan fingerprint density at radius 1 is 1.05 bits per heavy atom. The van der Waals surface area contributed by atoms with E-state index in [0.717, 1.165) is 18.4 Å². The van der Waals surface area contributed by atoms with E-state index in [2.05, 4.69) is 0 Å². The summed E-state index contributed by atoms with van der Waals surface area (Å²) in [6.45, 7) is 0. The Labute approximate surface area is 123 Å². The molecule has 2 heterocycles. The molecular formula is C16H19NO4. The molecule has 1 aromatic carbocycles. The highest BCUT2D eigenvalue weighted by molar-refractivity contribution is 5.79. The molecule has 2 aliphatic rings. The number of ether oxygens (including phenoxy) is 2. The van der Waals surface area contributed by atoms with Crippen LogP contribution in [-0.2, 0) is 14.3 Å². The number of hydrogen-bond acceptors (Lipinski definition) is 4. The molecule has 5 nitrogen and oxygen atoms in total. The number of carbonyl (C=O) groups excluding carboxylic acids is 2. The second kappa shape index (κ2) is 5.39. The number of nitrogens with zero attached hydrogens (tertiary/aromatic N) is 1. The van der Waals surface area contributed by atoms with Gasteiger partial charge < -0.3 is 14.4 Å². The highest BCUT2D eigenvalue weighted by atomic mass is 16.5. The van der Waals surface area contributed by atoms with Gasteiger partial charge in [-0.2, -0.15) is 0 Å². The Balaban J connectivity index is 2.00. The zero-order chi connectivity index (χ0) is 15.0. The van der Waals surface area contributed by atoms with Gasteiger partial charge in [-0.15, -0.1) is 0 Å². The zero-order valence-electron chi connectivity index (χ0n) is 12.2. The molecule has 4 atom stereocenters. The van der Waals surface area contributed by atoms with Gasteiger partial charge in [-0.3, -0.25) is 4.79 Å². The molecule has 0 radical (unpaired) electrons. The van der Waals surface area contributed by atoms with Gasteiger partial charge in [0.1, 0.15) is 0 Å². The van der Waals surface area contributed by atoms with Gasteiger partial charge in [0, 0.05) is 18.0 Å². The topological polar surface area (TPSA) is 55.8 Å². The second-order valence-corrected chi connectivity index (χ2v) is 5.57. The molecule has 0 saturated carbocycles. The standard InChI is InChI=1S/C16H19NO4/c1-20-15(18)14-12-9-8-11(17(12)16(19)21-2)13(14)10-6-4-3-5-7-10/h3-7,11-14H,8-9H2,1-2H3/t11-,12+,13-,14-/m0/s1. The van der Waals surface area contributed by atoms with Crippen LogP contribution in [0.1, 0.15) is 24.3 Å². The lowest BCUT2D eigenvalue weighted by atomic mass is 9.75. The Hall–Kier alpha value is -2.04. The van der Waals surface area contributed by atoms with E-state index >= 15 is 0 Å². The third kappa shape index (κ3) is 2.07. The van der Waals surface area contributed by atoms with Crippen LogP contribution >= 0.6 is 0 Å². The average molecular weight is 289 g/mol. The summed E-state index contributed by atoms with van der Waals surface area (Å²) < 4.78 is 9.88. The van der Waals surface area contributed by atoms with Crippen molar-refractivity contribution in [2.75, 3.05) is 14.2 Å². The maximum Gasteiger partial charge on any atom is 0.410 e. The van der Waals surface area contributed by atoms with Gasteiger partial charge in [0.05, 0.1) is 20.1 Å². The molecule has 21 heavy (non-hydrogen) atoms. The van der Waals surface area contributed by atoms with Gasteiger partial charge in [-0.1, -0.05) is 30.3 Å². The summed E-state index contributed by atoms with van der Waals surface area (Å²) in [6.07, 6.45) is 1.37. The molecule has 112 valence electrons. The summed E-state index contributed by atoms with van der Waals surface area (Å²) in [6, 6.07) is 9.76. The number of fused-ring (bicyclic) bond motifs is 2. The first-order valence-electron chi connectivity index (χ1n) is 7.18. The summed E-state index contributed by atoms with van der Waals surface area (Å²) in [7, 11) is 2.78. The van der Waals surface area contributed by atoms with Crippen LogP contribution in [0.2, 0.25) is 0 Å². The third-order valence-corrected chi connectivity index (χ3v) is 4.73. The van der Waals surface area contributed by atoms with Gasteiger partial charge in [-0.05, 0) is 18.4 Å². The Morgan fingerprint density at radius 3 is 2.33 bits per heavy atom. The van der Waals surface area contributed by atoms with Gasteiger partial charge in [0.15, 0.2) is 0 Å². The van der Waals surface area contributed by atoms with Crippen molar-refractivity contribution in [2.24, 2.45) is 5.92 Å². The highest BCUT2D eigenvalue weighted by Gasteiger charge is 2.58. The Morgan fingerprint density at radius 2 is 1.71 bits per heavy atom. The number of amides is 1. The first-order valence-corrected chi connectivity index (χ1v) is 7.18. The molecule has 2 saturated heterocycles. The van der Waals surface area contributed by atoms with Gasteiger partial charge >= 0.3 is 12.1 Å². The zero-order valence-corrected chi connectivity index (χ0v) is 12.2.